The monoisotopic (exact) mass is 499 g/mol. The average molecular weight is 500 g/mol. The number of nitrogens with zero attached hydrogens (tertiary/aromatic N) is 1. The van der Waals surface area contributed by atoms with Crippen LogP contribution >= 0.6 is 24.8 Å². The number of nitrogen functional groups attached to an aromatic ring is 1. The van der Waals surface area contributed by atoms with E-state index in [2.05, 4.69) is 5.32 Å². The maximum absolute atomic E-state index is 13.7. The Bertz CT molecular complexity index is 897. The first-order valence-electron chi connectivity index (χ1n) is 11.3. The van der Waals surface area contributed by atoms with Gasteiger partial charge in [0.1, 0.15) is 17.1 Å². The predicted molar refractivity (Wildman–Crippen MR) is 132 cm³/mol. The molecule has 1 aromatic carbocycles. The first kappa shape index (κ1) is 27.2. The summed E-state index contributed by atoms with van der Waals surface area (Å²) < 4.78 is 0. The highest BCUT2D eigenvalue weighted by molar-refractivity contribution is 5.97. The lowest BCUT2D eigenvalue weighted by molar-refractivity contribution is -0.147. The number of amidine groups is 1. The Morgan fingerprint density at radius 2 is 1.88 bits per heavy atom. The molecule has 0 spiro atoms. The topological polar surface area (TPSA) is 146 Å². The van der Waals surface area contributed by atoms with Crippen LogP contribution in [0.15, 0.2) is 18.2 Å². The quantitative estimate of drug-likeness (QED) is 0.310. The number of amides is 2. The number of primary amides is 1. The van der Waals surface area contributed by atoms with Gasteiger partial charge in [0.15, 0.2) is 0 Å². The molecule has 4 atom stereocenters. The number of piperidine rings is 1. The van der Waals surface area contributed by atoms with Crippen LogP contribution in [0.4, 0.5) is 0 Å². The summed E-state index contributed by atoms with van der Waals surface area (Å²) in [5, 5.41) is 21.2. The van der Waals surface area contributed by atoms with E-state index in [9.17, 15) is 14.7 Å². The molecular formula is C23H35Cl2N5O3. The van der Waals surface area contributed by atoms with E-state index in [0.717, 1.165) is 25.8 Å². The number of carbonyl (C=O) groups excluding carboxylic acids is 2. The molecule has 1 aliphatic carbocycles. The molecule has 0 radical (unpaired) electrons. The van der Waals surface area contributed by atoms with Crippen molar-refractivity contribution in [1.29, 1.82) is 5.41 Å². The van der Waals surface area contributed by atoms with Crippen LogP contribution in [-0.4, -0.2) is 52.3 Å². The number of fused-ring (bicyclic) bond motifs is 1. The lowest BCUT2D eigenvalue weighted by Crippen LogP contribution is -2.63. The number of phenols is 1. The summed E-state index contributed by atoms with van der Waals surface area (Å²) >= 11 is 0. The van der Waals surface area contributed by atoms with E-state index in [0.29, 0.717) is 36.8 Å². The Morgan fingerprint density at radius 1 is 1.15 bits per heavy atom. The molecule has 4 rings (SSSR count). The third kappa shape index (κ3) is 5.08. The maximum atomic E-state index is 13.7. The van der Waals surface area contributed by atoms with Crippen LogP contribution in [-0.2, 0) is 16.0 Å². The second-order valence-electron chi connectivity index (χ2n) is 9.36. The van der Waals surface area contributed by atoms with Crippen molar-refractivity contribution in [2.75, 3.05) is 13.1 Å². The van der Waals surface area contributed by atoms with E-state index in [-0.39, 0.29) is 60.3 Å². The van der Waals surface area contributed by atoms with Gasteiger partial charge in [0, 0.05) is 13.0 Å². The van der Waals surface area contributed by atoms with E-state index in [4.69, 9.17) is 16.9 Å². The number of carbonyl (C=O) groups is 2. The number of hydrogen-bond donors (Lipinski definition) is 5. The third-order valence-corrected chi connectivity index (χ3v) is 7.60. The molecule has 0 bridgehead atoms. The number of aromatic hydroxyl groups is 1. The molecule has 3 fully saturated rings. The van der Waals surface area contributed by atoms with Gasteiger partial charge in [0.2, 0.25) is 11.8 Å². The fraction of sp³-hybridized carbons (Fsp3) is 0.609. The van der Waals surface area contributed by atoms with Gasteiger partial charge in [-0.15, -0.1) is 24.8 Å². The maximum Gasteiger partial charge on any atom is 0.243 e. The minimum atomic E-state index is -1.11. The fourth-order valence-electron chi connectivity index (χ4n) is 6.03. The fourth-order valence-corrected chi connectivity index (χ4v) is 6.03. The van der Waals surface area contributed by atoms with Crippen molar-refractivity contribution in [3.05, 3.63) is 29.3 Å². The van der Waals surface area contributed by atoms with Crippen LogP contribution < -0.4 is 16.8 Å². The first-order chi connectivity index (χ1) is 14.8. The molecule has 2 aliphatic heterocycles. The third-order valence-electron chi connectivity index (χ3n) is 7.60. The van der Waals surface area contributed by atoms with Gasteiger partial charge >= 0.3 is 0 Å². The number of nitrogens with two attached hydrogens (primary N) is 2. The number of halogens is 2. The lowest BCUT2D eigenvalue weighted by atomic mass is 9.71. The molecule has 184 valence electrons. The van der Waals surface area contributed by atoms with E-state index in [1.165, 1.54) is 18.9 Å². The highest BCUT2D eigenvalue weighted by Gasteiger charge is 2.51. The summed E-state index contributed by atoms with van der Waals surface area (Å²) in [5.41, 5.74) is 11.2. The van der Waals surface area contributed by atoms with E-state index < -0.39 is 11.4 Å². The van der Waals surface area contributed by atoms with Crippen molar-refractivity contribution in [3.63, 3.8) is 0 Å². The van der Waals surface area contributed by atoms with Gasteiger partial charge in [-0.1, -0.05) is 25.3 Å². The van der Waals surface area contributed by atoms with Gasteiger partial charge in [-0.05, 0) is 61.8 Å². The summed E-state index contributed by atoms with van der Waals surface area (Å²) in [6.07, 6.45) is 7.17. The van der Waals surface area contributed by atoms with Gasteiger partial charge in [0.05, 0.1) is 11.6 Å². The van der Waals surface area contributed by atoms with Crippen LogP contribution in [0.2, 0.25) is 0 Å². The number of nitrogens with one attached hydrogen (secondary N) is 2. The van der Waals surface area contributed by atoms with Crippen LogP contribution in [0.25, 0.3) is 0 Å². The van der Waals surface area contributed by atoms with E-state index in [1.54, 1.807) is 17.0 Å². The standard InChI is InChI=1S/C23H33N5O3.2ClH/c24-20(25)17-7-6-14(12-18(17)29)13-23(22(26)31)9-3-11-28(23)21(30)19-16-5-2-1-4-15(16)8-10-27-19;;/h6-7,12,15-16,19,27,29H,1-5,8-11,13H2,(H3,24,25)(H2,26,31);2*1H/t15-,16-,19-,23-;;/m1../s1. The van der Waals surface area contributed by atoms with Crippen LogP contribution in [0.1, 0.15) is 56.1 Å². The van der Waals surface area contributed by atoms with Gasteiger partial charge in [-0.2, -0.15) is 0 Å². The van der Waals surface area contributed by atoms with E-state index in [1.807, 2.05) is 0 Å². The molecule has 33 heavy (non-hydrogen) atoms. The molecule has 1 saturated carbocycles. The summed E-state index contributed by atoms with van der Waals surface area (Å²) in [4.78, 5) is 28.2. The van der Waals surface area contributed by atoms with Crippen molar-refractivity contribution < 1.29 is 14.7 Å². The molecule has 7 N–H and O–H groups in total. The number of phenolic OH excluding ortho intramolecular Hbond substituents is 1. The number of benzene rings is 1. The summed E-state index contributed by atoms with van der Waals surface area (Å²) in [6.45, 7) is 1.34. The van der Waals surface area contributed by atoms with E-state index >= 15 is 0 Å². The molecule has 8 nitrogen and oxygen atoms in total. The predicted octanol–water partition coefficient (Wildman–Crippen LogP) is 2.08. The van der Waals surface area contributed by atoms with Gasteiger partial charge in [0.25, 0.3) is 0 Å². The lowest BCUT2D eigenvalue weighted by Gasteiger charge is -2.45. The Hall–Kier alpha value is -2.03. The molecule has 0 aromatic heterocycles. The largest absolute Gasteiger partial charge is 0.507 e. The molecule has 2 heterocycles. The zero-order valence-corrected chi connectivity index (χ0v) is 20.4. The number of hydrogen-bond acceptors (Lipinski definition) is 5. The van der Waals surface area contributed by atoms with Gasteiger partial charge in [-0.3, -0.25) is 15.0 Å². The highest BCUT2D eigenvalue weighted by atomic mass is 35.5. The Kier molecular flexibility index (Phi) is 9.01. The molecule has 0 unspecified atom stereocenters. The molecule has 2 amide bonds. The van der Waals surface area contributed by atoms with Gasteiger partial charge < -0.3 is 26.8 Å². The number of rotatable bonds is 5. The van der Waals surface area contributed by atoms with Crippen LogP contribution in [0.5, 0.6) is 5.75 Å². The minimum absolute atomic E-state index is 0. The van der Waals surface area contributed by atoms with Crippen molar-refractivity contribution in [3.8, 4) is 5.75 Å². The van der Waals surface area contributed by atoms with Crippen molar-refractivity contribution in [2.24, 2.45) is 23.3 Å². The summed E-state index contributed by atoms with van der Waals surface area (Å²) in [5.74, 6) is 0.0314. The van der Waals surface area contributed by atoms with Crippen molar-refractivity contribution >= 4 is 42.5 Å². The Labute approximate surface area is 207 Å². The SMILES string of the molecule is Cl.Cl.N=C(N)c1ccc(C[C@@]2(C(N)=O)CCCN2C(=O)[C@@H]2NCC[C@H]3CCCC[C@H]32)cc1O. The smallest absolute Gasteiger partial charge is 0.243 e. The Morgan fingerprint density at radius 3 is 2.55 bits per heavy atom. The van der Waals surface area contributed by atoms with Crippen LogP contribution in [0, 0.1) is 17.2 Å². The highest BCUT2D eigenvalue weighted by Crippen LogP contribution is 2.40. The zero-order valence-electron chi connectivity index (χ0n) is 18.7. The Balaban J connectivity index is 0.00000193. The molecule has 3 aliphatic rings. The first-order valence-corrected chi connectivity index (χ1v) is 11.3. The van der Waals surface area contributed by atoms with Gasteiger partial charge in [-0.25, -0.2) is 0 Å². The number of likely N-dealkylation sites (tertiary alicyclic amines) is 1. The van der Waals surface area contributed by atoms with Crippen molar-refractivity contribution in [2.45, 2.75) is 62.9 Å². The zero-order chi connectivity index (χ0) is 22.2. The summed E-state index contributed by atoms with van der Waals surface area (Å²) in [6, 6.07) is 4.55. The second-order valence-corrected chi connectivity index (χ2v) is 9.36. The second kappa shape index (κ2) is 10.9. The molecular weight excluding hydrogens is 465 g/mol. The average Bonchev–Trinajstić information content (AvgIpc) is 3.17. The minimum Gasteiger partial charge on any atom is -0.507 e. The molecule has 2 saturated heterocycles. The normalized spacial score (nSPS) is 28.7. The molecule has 1 aromatic rings. The molecule has 10 heteroatoms. The summed E-state index contributed by atoms with van der Waals surface area (Å²) in [7, 11) is 0. The van der Waals surface area contributed by atoms with Crippen molar-refractivity contribution in [1.82, 2.24) is 10.2 Å². The van der Waals surface area contributed by atoms with Crippen LogP contribution in [0.3, 0.4) is 0 Å².